The summed E-state index contributed by atoms with van der Waals surface area (Å²) in [4.78, 5) is 18.9. The van der Waals surface area contributed by atoms with E-state index in [2.05, 4.69) is 11.9 Å². The molecule has 4 nitrogen and oxygen atoms in total. The molecule has 0 aliphatic carbocycles. The fourth-order valence-corrected chi connectivity index (χ4v) is 2.38. The number of pyridine rings is 1. The molecule has 0 N–H and O–H groups in total. The van der Waals surface area contributed by atoms with Crippen LogP contribution in [0.1, 0.15) is 42.9 Å². The number of unbranched alkanes of at least 4 members (excludes halogenated alkanes) is 1. The molecule has 0 saturated heterocycles. The van der Waals surface area contributed by atoms with Crippen molar-refractivity contribution in [2.45, 2.75) is 33.1 Å². The van der Waals surface area contributed by atoms with Gasteiger partial charge in [0.05, 0.1) is 10.7 Å². The van der Waals surface area contributed by atoms with Gasteiger partial charge in [-0.05, 0) is 25.0 Å². The van der Waals surface area contributed by atoms with Crippen LogP contribution in [0.2, 0.25) is 5.02 Å². The lowest BCUT2D eigenvalue weighted by atomic mass is 10.2. The summed E-state index contributed by atoms with van der Waals surface area (Å²) in [5.74, 6) is 0.00469. The number of fused-ring (bicyclic) bond motifs is 1. The third-order valence-corrected chi connectivity index (χ3v) is 3.61. The Morgan fingerprint density at radius 2 is 2.15 bits per heavy atom. The Hall–Kier alpha value is -1.55. The molecule has 108 valence electrons. The third kappa shape index (κ3) is 2.80. The Kier molecular flexibility index (Phi) is 4.65. The van der Waals surface area contributed by atoms with Crippen LogP contribution in [0.4, 0.5) is 0 Å². The maximum Gasteiger partial charge on any atom is 0.272 e. The summed E-state index contributed by atoms with van der Waals surface area (Å²) < 4.78 is 1.80. The molecule has 2 rings (SSSR count). The fourth-order valence-electron chi connectivity index (χ4n) is 2.22. The van der Waals surface area contributed by atoms with Gasteiger partial charge < -0.3 is 4.90 Å². The molecule has 0 aromatic carbocycles. The molecule has 0 spiro atoms. The average Bonchev–Trinajstić information content (AvgIpc) is 2.81. The summed E-state index contributed by atoms with van der Waals surface area (Å²) in [6.45, 7) is 4.88. The zero-order valence-corrected chi connectivity index (χ0v) is 12.9. The molecule has 1 amide bonds. The van der Waals surface area contributed by atoms with Crippen LogP contribution in [0.25, 0.3) is 5.65 Å². The van der Waals surface area contributed by atoms with Crippen LogP contribution < -0.4 is 0 Å². The molecule has 5 heteroatoms. The first kappa shape index (κ1) is 14.9. The van der Waals surface area contributed by atoms with Crippen molar-refractivity contribution in [2.24, 2.45) is 0 Å². The van der Waals surface area contributed by atoms with E-state index in [0.29, 0.717) is 10.7 Å². The molecule has 20 heavy (non-hydrogen) atoms. The van der Waals surface area contributed by atoms with Crippen LogP contribution in [0.15, 0.2) is 18.3 Å². The van der Waals surface area contributed by atoms with E-state index in [1.54, 1.807) is 21.6 Å². The van der Waals surface area contributed by atoms with Gasteiger partial charge in [-0.15, -0.1) is 0 Å². The van der Waals surface area contributed by atoms with E-state index >= 15 is 0 Å². The Morgan fingerprint density at radius 3 is 2.80 bits per heavy atom. The Balaban J connectivity index is 2.45. The van der Waals surface area contributed by atoms with Gasteiger partial charge >= 0.3 is 0 Å². The van der Waals surface area contributed by atoms with E-state index in [-0.39, 0.29) is 5.91 Å². The summed E-state index contributed by atoms with van der Waals surface area (Å²) in [6.07, 6.45) is 4.55. The number of aryl methyl sites for hydroxylation is 1. The van der Waals surface area contributed by atoms with Crippen molar-refractivity contribution >= 4 is 23.2 Å². The van der Waals surface area contributed by atoms with Crippen molar-refractivity contribution in [3.05, 3.63) is 34.7 Å². The predicted octanol–water partition coefficient (Wildman–Crippen LogP) is 3.42. The van der Waals surface area contributed by atoms with Gasteiger partial charge in [-0.25, -0.2) is 4.98 Å². The number of halogens is 1. The van der Waals surface area contributed by atoms with Gasteiger partial charge in [-0.1, -0.05) is 31.9 Å². The van der Waals surface area contributed by atoms with E-state index in [9.17, 15) is 4.79 Å². The lowest BCUT2D eigenvalue weighted by Gasteiger charge is -2.17. The van der Waals surface area contributed by atoms with Crippen molar-refractivity contribution in [1.82, 2.24) is 14.3 Å². The number of rotatable bonds is 5. The number of aromatic nitrogens is 2. The van der Waals surface area contributed by atoms with Crippen molar-refractivity contribution in [3.8, 4) is 0 Å². The molecular weight excluding hydrogens is 274 g/mol. The highest BCUT2D eigenvalue weighted by atomic mass is 35.5. The average molecular weight is 294 g/mol. The zero-order chi connectivity index (χ0) is 14.7. The highest BCUT2D eigenvalue weighted by molar-refractivity contribution is 6.30. The lowest BCUT2D eigenvalue weighted by molar-refractivity contribution is 0.0785. The van der Waals surface area contributed by atoms with Crippen molar-refractivity contribution in [1.29, 1.82) is 0 Å². The predicted molar refractivity (Wildman–Crippen MR) is 81.4 cm³/mol. The monoisotopic (exact) mass is 293 g/mol. The molecule has 0 bridgehead atoms. The first-order valence-electron chi connectivity index (χ1n) is 7.00. The molecule has 0 saturated carbocycles. The quantitative estimate of drug-likeness (QED) is 0.847. The van der Waals surface area contributed by atoms with Crippen LogP contribution in [-0.2, 0) is 6.42 Å². The Morgan fingerprint density at radius 1 is 1.40 bits per heavy atom. The number of amides is 1. The number of hydrogen-bond acceptors (Lipinski definition) is 2. The largest absolute Gasteiger partial charge is 0.340 e. The number of carbonyl (C=O) groups excluding carboxylic acids is 1. The summed E-state index contributed by atoms with van der Waals surface area (Å²) in [7, 11) is 1.83. The van der Waals surface area contributed by atoms with Gasteiger partial charge in [-0.3, -0.25) is 9.20 Å². The maximum absolute atomic E-state index is 12.6. The molecule has 2 aromatic heterocycles. The lowest BCUT2D eigenvalue weighted by Crippen LogP contribution is -2.29. The summed E-state index contributed by atoms with van der Waals surface area (Å²) in [6, 6.07) is 3.63. The summed E-state index contributed by atoms with van der Waals surface area (Å²) in [5, 5.41) is 0.600. The molecule has 0 aliphatic heterocycles. The van der Waals surface area contributed by atoms with Gasteiger partial charge in [0.25, 0.3) is 5.91 Å². The van der Waals surface area contributed by atoms with Gasteiger partial charge in [-0.2, -0.15) is 0 Å². The molecule has 0 atom stereocenters. The fraction of sp³-hybridized carbons (Fsp3) is 0.467. The van der Waals surface area contributed by atoms with E-state index in [4.69, 9.17) is 11.6 Å². The highest BCUT2D eigenvalue weighted by Gasteiger charge is 2.21. The van der Waals surface area contributed by atoms with E-state index < -0.39 is 0 Å². The molecule has 0 radical (unpaired) electrons. The topological polar surface area (TPSA) is 37.6 Å². The SMILES string of the molecule is CCCCN(C)C(=O)c1c(CC)nc2ccc(Cl)cn12. The van der Waals surface area contributed by atoms with Crippen molar-refractivity contribution in [2.75, 3.05) is 13.6 Å². The third-order valence-electron chi connectivity index (χ3n) is 3.39. The van der Waals surface area contributed by atoms with Crippen LogP contribution >= 0.6 is 11.6 Å². The normalized spacial score (nSPS) is 11.0. The van der Waals surface area contributed by atoms with Crippen molar-refractivity contribution < 1.29 is 4.79 Å². The van der Waals surface area contributed by atoms with E-state index in [0.717, 1.165) is 37.1 Å². The van der Waals surface area contributed by atoms with E-state index in [1.807, 2.05) is 20.0 Å². The summed E-state index contributed by atoms with van der Waals surface area (Å²) in [5.41, 5.74) is 2.21. The molecule has 2 aromatic rings. The first-order valence-corrected chi connectivity index (χ1v) is 7.38. The molecule has 0 aliphatic rings. The van der Waals surface area contributed by atoms with Crippen LogP contribution in [-0.4, -0.2) is 33.8 Å². The second kappa shape index (κ2) is 6.27. The van der Waals surface area contributed by atoms with Gasteiger partial charge in [0, 0.05) is 19.8 Å². The zero-order valence-electron chi connectivity index (χ0n) is 12.2. The Labute approximate surface area is 124 Å². The number of hydrogen-bond donors (Lipinski definition) is 0. The molecule has 0 unspecified atom stereocenters. The van der Waals surface area contributed by atoms with Crippen LogP contribution in [0.3, 0.4) is 0 Å². The van der Waals surface area contributed by atoms with Gasteiger partial charge in [0.15, 0.2) is 0 Å². The smallest absolute Gasteiger partial charge is 0.272 e. The second-order valence-electron chi connectivity index (χ2n) is 4.92. The van der Waals surface area contributed by atoms with Gasteiger partial charge in [0.2, 0.25) is 0 Å². The minimum atomic E-state index is 0.00469. The molecular formula is C15H20ClN3O. The molecule has 2 heterocycles. The summed E-state index contributed by atoms with van der Waals surface area (Å²) >= 11 is 6.04. The van der Waals surface area contributed by atoms with Crippen molar-refractivity contribution in [3.63, 3.8) is 0 Å². The minimum absolute atomic E-state index is 0.00469. The maximum atomic E-state index is 12.6. The van der Waals surface area contributed by atoms with E-state index in [1.165, 1.54) is 0 Å². The highest BCUT2D eigenvalue weighted by Crippen LogP contribution is 2.18. The second-order valence-corrected chi connectivity index (χ2v) is 5.35. The number of nitrogens with zero attached hydrogens (tertiary/aromatic N) is 3. The number of carbonyl (C=O) groups is 1. The van der Waals surface area contributed by atoms with Crippen LogP contribution in [0.5, 0.6) is 0 Å². The standard InChI is InChI=1S/C15H20ClN3O/c1-4-6-9-18(3)15(20)14-12(5-2)17-13-8-7-11(16)10-19(13)14/h7-8,10H,4-6,9H2,1-3H3. The molecule has 0 fully saturated rings. The van der Waals surface area contributed by atoms with Gasteiger partial charge in [0.1, 0.15) is 11.3 Å². The van der Waals surface area contributed by atoms with Crippen LogP contribution in [0, 0.1) is 0 Å². The minimum Gasteiger partial charge on any atom is -0.340 e. The number of imidazole rings is 1. The Bertz CT molecular complexity index is 621. The first-order chi connectivity index (χ1) is 9.58.